The fraction of sp³-hybridized carbons (Fsp3) is 0.417. The first-order chi connectivity index (χ1) is 15.5. The van der Waals surface area contributed by atoms with E-state index in [4.69, 9.17) is 18.9 Å². The minimum atomic E-state index is -2.48. The van der Waals surface area contributed by atoms with Gasteiger partial charge in [-0.1, -0.05) is 0 Å². The van der Waals surface area contributed by atoms with Crippen LogP contribution in [0.5, 0.6) is 17.2 Å². The number of esters is 2. The van der Waals surface area contributed by atoms with Crippen LogP contribution in [0.4, 0.5) is 8.78 Å². The van der Waals surface area contributed by atoms with Gasteiger partial charge in [0.2, 0.25) is 6.43 Å². The fourth-order valence-electron chi connectivity index (χ4n) is 2.73. The predicted molar refractivity (Wildman–Crippen MR) is 115 cm³/mol. The summed E-state index contributed by atoms with van der Waals surface area (Å²) in [4.78, 5) is 23.4. The molecular weight excluding hydrogens is 422 g/mol. The third-order valence-corrected chi connectivity index (χ3v) is 4.50. The molecule has 0 amide bonds. The molecule has 0 aliphatic carbocycles. The molecule has 6 nitrogen and oxygen atoms in total. The molecule has 2 aromatic carbocycles. The Balaban J connectivity index is 1.57. The number of carbonyl (C=O) groups excluding carboxylic acids is 2. The minimum Gasteiger partial charge on any atom is -0.497 e. The number of benzene rings is 2. The van der Waals surface area contributed by atoms with Crippen LogP contribution in [0.3, 0.4) is 0 Å². The lowest BCUT2D eigenvalue weighted by Crippen LogP contribution is -2.08. The maximum absolute atomic E-state index is 12.2. The molecule has 0 saturated heterocycles. The molecule has 0 fully saturated rings. The highest BCUT2D eigenvalue weighted by Gasteiger charge is 2.10. The topological polar surface area (TPSA) is 71.1 Å². The van der Waals surface area contributed by atoms with Crippen molar-refractivity contribution in [1.82, 2.24) is 0 Å². The van der Waals surface area contributed by atoms with Gasteiger partial charge in [0.15, 0.2) is 0 Å². The van der Waals surface area contributed by atoms with E-state index >= 15 is 0 Å². The molecule has 0 bridgehead atoms. The molecule has 0 atom stereocenters. The highest BCUT2D eigenvalue weighted by molar-refractivity contribution is 5.91. The smallest absolute Gasteiger partial charge is 0.343 e. The Kier molecular flexibility index (Phi) is 11.0. The first-order valence-corrected chi connectivity index (χ1v) is 10.5. The number of unbranched alkanes of at least 4 members (excludes halogenated alkanes) is 3. The molecule has 0 heterocycles. The van der Waals surface area contributed by atoms with Crippen molar-refractivity contribution in [3.05, 3.63) is 54.1 Å². The normalized spacial score (nSPS) is 10.6. The van der Waals surface area contributed by atoms with E-state index in [0.717, 1.165) is 19.3 Å². The summed E-state index contributed by atoms with van der Waals surface area (Å²) in [5.74, 6) is 0.719. The largest absolute Gasteiger partial charge is 0.497 e. The molecule has 0 unspecified atom stereocenters. The molecule has 0 radical (unpaired) electrons. The molecule has 2 rings (SSSR count). The Morgan fingerprint density at radius 2 is 1.41 bits per heavy atom. The van der Waals surface area contributed by atoms with Gasteiger partial charge in [0.1, 0.15) is 17.2 Å². The Morgan fingerprint density at radius 3 is 2.03 bits per heavy atom. The van der Waals surface area contributed by atoms with Crippen LogP contribution in [0.25, 0.3) is 0 Å². The molecule has 8 heteroatoms. The van der Waals surface area contributed by atoms with E-state index in [1.54, 1.807) is 55.6 Å². The summed E-state index contributed by atoms with van der Waals surface area (Å²) in [6.07, 6.45) is 0.0610. The minimum absolute atomic E-state index is 0.247. The van der Waals surface area contributed by atoms with Gasteiger partial charge in [-0.3, -0.25) is 4.79 Å². The Hall–Kier alpha value is -3.16. The van der Waals surface area contributed by atoms with Crippen LogP contribution in [-0.2, 0) is 9.53 Å². The number of alkyl halides is 2. The summed E-state index contributed by atoms with van der Waals surface area (Å²) in [6, 6.07) is 13.4. The average molecular weight is 450 g/mol. The molecule has 2 aromatic rings. The fourth-order valence-corrected chi connectivity index (χ4v) is 2.73. The lowest BCUT2D eigenvalue weighted by Gasteiger charge is -2.08. The van der Waals surface area contributed by atoms with Gasteiger partial charge in [0.25, 0.3) is 0 Å². The third-order valence-electron chi connectivity index (χ3n) is 4.50. The van der Waals surface area contributed by atoms with Gasteiger partial charge >= 0.3 is 11.9 Å². The zero-order valence-electron chi connectivity index (χ0n) is 18.1. The van der Waals surface area contributed by atoms with Crippen LogP contribution in [0.2, 0.25) is 0 Å². The standard InChI is InChI=1S/C24H28F2O6/c1-29-19-10-12-21(13-11-19)32-24(28)18-6-8-20(9-7-18)30-16-4-2-3-5-17-31-23(27)15-14-22(25)26/h6-13,22H,2-5,14-17H2,1H3. The van der Waals surface area contributed by atoms with E-state index in [1.807, 2.05) is 0 Å². The molecule has 0 aliphatic heterocycles. The summed E-state index contributed by atoms with van der Waals surface area (Å²) >= 11 is 0. The SMILES string of the molecule is COc1ccc(OC(=O)c2ccc(OCCCCCCOC(=O)CCC(F)F)cc2)cc1. The van der Waals surface area contributed by atoms with Crippen LogP contribution in [0.1, 0.15) is 48.9 Å². The Labute approximate surface area is 186 Å². The first kappa shape index (κ1) is 25.1. The van der Waals surface area contributed by atoms with E-state index in [9.17, 15) is 18.4 Å². The van der Waals surface area contributed by atoms with Gasteiger partial charge < -0.3 is 18.9 Å². The summed E-state index contributed by atoms with van der Waals surface area (Å²) in [5.41, 5.74) is 0.413. The Bertz CT molecular complexity index is 821. The van der Waals surface area contributed by atoms with Crippen LogP contribution in [0, 0.1) is 0 Å². The van der Waals surface area contributed by atoms with E-state index in [2.05, 4.69) is 0 Å². The predicted octanol–water partition coefficient (Wildman–Crippen LogP) is 5.44. The molecule has 0 spiro atoms. The monoisotopic (exact) mass is 450 g/mol. The molecule has 0 aromatic heterocycles. The summed E-state index contributed by atoms with van der Waals surface area (Å²) in [7, 11) is 1.56. The zero-order valence-corrected chi connectivity index (χ0v) is 18.1. The molecule has 0 saturated carbocycles. The van der Waals surface area contributed by atoms with E-state index in [0.29, 0.717) is 35.8 Å². The maximum atomic E-state index is 12.2. The zero-order chi connectivity index (χ0) is 23.2. The number of halogens is 2. The van der Waals surface area contributed by atoms with Crippen LogP contribution in [0.15, 0.2) is 48.5 Å². The number of hydrogen-bond acceptors (Lipinski definition) is 6. The molecule has 0 aliphatic rings. The highest BCUT2D eigenvalue weighted by Crippen LogP contribution is 2.19. The molecule has 0 N–H and O–H groups in total. The molecular formula is C24H28F2O6. The highest BCUT2D eigenvalue weighted by atomic mass is 19.3. The van der Waals surface area contributed by atoms with Crippen molar-refractivity contribution >= 4 is 11.9 Å². The summed E-state index contributed by atoms with van der Waals surface area (Å²) < 4.78 is 44.9. The van der Waals surface area contributed by atoms with Crippen molar-refractivity contribution in [1.29, 1.82) is 0 Å². The van der Waals surface area contributed by atoms with Crippen molar-refractivity contribution in [2.24, 2.45) is 0 Å². The molecule has 174 valence electrons. The number of rotatable bonds is 14. The number of hydrogen-bond donors (Lipinski definition) is 0. The van der Waals surface area contributed by atoms with Crippen molar-refractivity contribution < 1.29 is 37.3 Å². The third kappa shape index (κ3) is 9.76. The summed E-state index contributed by atoms with van der Waals surface area (Å²) in [5, 5.41) is 0. The van der Waals surface area contributed by atoms with Gasteiger partial charge in [-0.25, -0.2) is 13.6 Å². The van der Waals surface area contributed by atoms with Gasteiger partial charge in [-0.15, -0.1) is 0 Å². The first-order valence-electron chi connectivity index (χ1n) is 10.5. The van der Waals surface area contributed by atoms with Gasteiger partial charge in [0, 0.05) is 6.42 Å². The lowest BCUT2D eigenvalue weighted by atomic mass is 10.2. The second-order valence-electron chi connectivity index (χ2n) is 7.00. The van der Waals surface area contributed by atoms with Crippen molar-refractivity contribution in [3.8, 4) is 17.2 Å². The average Bonchev–Trinajstić information content (AvgIpc) is 2.80. The molecule has 32 heavy (non-hydrogen) atoms. The van der Waals surface area contributed by atoms with Gasteiger partial charge in [0.05, 0.1) is 32.3 Å². The van der Waals surface area contributed by atoms with Crippen LogP contribution < -0.4 is 14.2 Å². The van der Waals surface area contributed by atoms with Gasteiger partial charge in [-0.05, 0) is 74.2 Å². The Morgan fingerprint density at radius 1 is 0.812 bits per heavy atom. The van der Waals surface area contributed by atoms with Crippen molar-refractivity contribution in [3.63, 3.8) is 0 Å². The second kappa shape index (κ2) is 14.0. The summed E-state index contributed by atoms with van der Waals surface area (Å²) in [6.45, 7) is 0.765. The van der Waals surface area contributed by atoms with E-state index in [-0.39, 0.29) is 13.0 Å². The van der Waals surface area contributed by atoms with E-state index < -0.39 is 24.8 Å². The van der Waals surface area contributed by atoms with Crippen LogP contribution >= 0.6 is 0 Å². The van der Waals surface area contributed by atoms with E-state index in [1.165, 1.54) is 0 Å². The van der Waals surface area contributed by atoms with Gasteiger partial charge in [-0.2, -0.15) is 0 Å². The van der Waals surface area contributed by atoms with Crippen molar-refractivity contribution in [2.75, 3.05) is 20.3 Å². The second-order valence-corrected chi connectivity index (χ2v) is 7.00. The van der Waals surface area contributed by atoms with Crippen LogP contribution in [-0.4, -0.2) is 38.7 Å². The maximum Gasteiger partial charge on any atom is 0.343 e. The number of carbonyl (C=O) groups is 2. The van der Waals surface area contributed by atoms with Crippen molar-refractivity contribution in [2.45, 2.75) is 45.0 Å². The number of ether oxygens (including phenoxy) is 4. The number of methoxy groups -OCH3 is 1. The quantitative estimate of drug-likeness (QED) is 0.217. The lowest BCUT2D eigenvalue weighted by molar-refractivity contribution is -0.144.